The standard InChI is InChI=1S/C25H28FN3O3S/c1-17-7-5-10-23(18(17)2)28-33(31,32)22-13-11-19(12-14-22)25(30)27-16-24(29(3)4)20-8-6-9-21(26)15-20/h5-15,24,28H,16H2,1-4H3,(H,27,30)/t24-/m0/s1. The van der Waals surface area contributed by atoms with Crippen LogP contribution in [0.4, 0.5) is 10.1 Å². The summed E-state index contributed by atoms with van der Waals surface area (Å²) in [5, 5.41) is 2.84. The molecule has 33 heavy (non-hydrogen) atoms. The fourth-order valence-electron chi connectivity index (χ4n) is 3.45. The van der Waals surface area contributed by atoms with E-state index in [0.717, 1.165) is 16.7 Å². The van der Waals surface area contributed by atoms with Gasteiger partial charge in [-0.1, -0.05) is 24.3 Å². The summed E-state index contributed by atoms with van der Waals surface area (Å²) < 4.78 is 41.8. The van der Waals surface area contributed by atoms with Crippen LogP contribution in [0.15, 0.2) is 71.6 Å². The number of likely N-dealkylation sites (N-methyl/N-ethyl adjacent to an activating group) is 1. The van der Waals surface area contributed by atoms with Gasteiger partial charge in [-0.25, -0.2) is 12.8 Å². The first-order valence-corrected chi connectivity index (χ1v) is 12.0. The molecular formula is C25H28FN3O3S. The smallest absolute Gasteiger partial charge is 0.261 e. The van der Waals surface area contributed by atoms with Crippen molar-refractivity contribution in [3.05, 3.63) is 94.8 Å². The van der Waals surface area contributed by atoms with E-state index in [-0.39, 0.29) is 29.2 Å². The number of nitrogens with one attached hydrogen (secondary N) is 2. The molecule has 3 rings (SSSR count). The largest absolute Gasteiger partial charge is 0.350 e. The Morgan fingerprint density at radius 2 is 1.67 bits per heavy atom. The molecule has 0 bridgehead atoms. The molecule has 174 valence electrons. The Balaban J connectivity index is 1.70. The summed E-state index contributed by atoms with van der Waals surface area (Å²) in [6.45, 7) is 4.03. The zero-order valence-electron chi connectivity index (χ0n) is 19.1. The minimum absolute atomic E-state index is 0.0610. The van der Waals surface area contributed by atoms with Gasteiger partial charge in [-0.3, -0.25) is 9.52 Å². The van der Waals surface area contributed by atoms with E-state index in [1.54, 1.807) is 18.2 Å². The lowest BCUT2D eigenvalue weighted by molar-refractivity contribution is 0.0942. The van der Waals surface area contributed by atoms with Crippen LogP contribution in [0.3, 0.4) is 0 Å². The maximum atomic E-state index is 13.6. The van der Waals surface area contributed by atoms with Crippen molar-refractivity contribution < 1.29 is 17.6 Å². The van der Waals surface area contributed by atoms with Gasteiger partial charge in [0.25, 0.3) is 15.9 Å². The second kappa shape index (κ2) is 10.1. The fourth-order valence-corrected chi connectivity index (χ4v) is 4.58. The molecule has 2 N–H and O–H groups in total. The van der Waals surface area contributed by atoms with Crippen LogP contribution in [-0.2, 0) is 10.0 Å². The predicted octanol–water partition coefficient (Wildman–Crippen LogP) is 4.28. The normalized spacial score (nSPS) is 12.4. The average molecular weight is 470 g/mol. The Bertz CT molecular complexity index is 1240. The first kappa shape index (κ1) is 24.4. The van der Waals surface area contributed by atoms with Crippen molar-refractivity contribution >= 4 is 21.6 Å². The van der Waals surface area contributed by atoms with Gasteiger partial charge in [0, 0.05) is 12.1 Å². The number of benzene rings is 3. The van der Waals surface area contributed by atoms with Gasteiger partial charge in [-0.2, -0.15) is 0 Å². The maximum Gasteiger partial charge on any atom is 0.261 e. The predicted molar refractivity (Wildman–Crippen MR) is 128 cm³/mol. The van der Waals surface area contributed by atoms with Crippen LogP contribution in [0.2, 0.25) is 0 Å². The second-order valence-electron chi connectivity index (χ2n) is 8.12. The molecule has 1 amide bonds. The van der Waals surface area contributed by atoms with Crippen molar-refractivity contribution in [3.63, 3.8) is 0 Å². The number of rotatable bonds is 8. The second-order valence-corrected chi connectivity index (χ2v) is 9.80. The van der Waals surface area contributed by atoms with Crippen LogP contribution in [0.5, 0.6) is 0 Å². The summed E-state index contributed by atoms with van der Waals surface area (Å²) in [5.41, 5.74) is 3.43. The van der Waals surface area contributed by atoms with Gasteiger partial charge in [0.2, 0.25) is 0 Å². The maximum absolute atomic E-state index is 13.6. The Morgan fingerprint density at radius 1 is 1.00 bits per heavy atom. The molecule has 0 aliphatic carbocycles. The van der Waals surface area contributed by atoms with Crippen molar-refractivity contribution in [1.82, 2.24) is 10.2 Å². The highest BCUT2D eigenvalue weighted by atomic mass is 32.2. The molecule has 0 aromatic heterocycles. The summed E-state index contributed by atoms with van der Waals surface area (Å²) in [6, 6.07) is 17.2. The van der Waals surface area contributed by atoms with Crippen LogP contribution < -0.4 is 10.0 Å². The highest BCUT2D eigenvalue weighted by Gasteiger charge is 2.19. The first-order chi connectivity index (χ1) is 15.6. The van der Waals surface area contributed by atoms with E-state index in [2.05, 4.69) is 10.0 Å². The molecule has 3 aromatic carbocycles. The van der Waals surface area contributed by atoms with Gasteiger partial charge in [0.15, 0.2) is 0 Å². The Hall–Kier alpha value is -3.23. The van der Waals surface area contributed by atoms with Crippen molar-refractivity contribution in [2.75, 3.05) is 25.4 Å². The molecule has 0 saturated carbocycles. The molecule has 6 nitrogen and oxygen atoms in total. The highest BCUT2D eigenvalue weighted by Crippen LogP contribution is 2.22. The van der Waals surface area contributed by atoms with Crippen LogP contribution >= 0.6 is 0 Å². The molecule has 1 atom stereocenters. The van der Waals surface area contributed by atoms with E-state index in [1.807, 2.05) is 45.0 Å². The van der Waals surface area contributed by atoms with Gasteiger partial charge in [-0.15, -0.1) is 0 Å². The molecule has 8 heteroatoms. The number of halogens is 1. The van der Waals surface area contributed by atoms with Crippen molar-refractivity contribution in [3.8, 4) is 0 Å². The number of carbonyl (C=O) groups excluding carboxylic acids is 1. The molecule has 0 aliphatic rings. The van der Waals surface area contributed by atoms with Crippen LogP contribution in [0.25, 0.3) is 0 Å². The Labute approximate surface area is 194 Å². The zero-order chi connectivity index (χ0) is 24.2. The Kier molecular flexibility index (Phi) is 7.50. The summed E-state index contributed by atoms with van der Waals surface area (Å²) in [4.78, 5) is 14.6. The number of aryl methyl sites for hydroxylation is 1. The third-order valence-corrected chi connectivity index (χ3v) is 6.97. The van der Waals surface area contributed by atoms with E-state index in [4.69, 9.17) is 0 Å². The zero-order valence-corrected chi connectivity index (χ0v) is 19.9. The van der Waals surface area contributed by atoms with Crippen molar-refractivity contribution in [1.29, 1.82) is 0 Å². The van der Waals surface area contributed by atoms with Crippen molar-refractivity contribution in [2.24, 2.45) is 0 Å². The Morgan fingerprint density at radius 3 is 2.30 bits per heavy atom. The lowest BCUT2D eigenvalue weighted by atomic mass is 10.1. The topological polar surface area (TPSA) is 78.5 Å². The van der Waals surface area contributed by atoms with Gasteiger partial charge in [0.05, 0.1) is 16.6 Å². The molecule has 0 radical (unpaired) electrons. The number of nitrogens with zero attached hydrogens (tertiary/aromatic N) is 1. The van der Waals surface area contributed by atoms with Crippen LogP contribution in [0, 0.1) is 19.7 Å². The summed E-state index contributed by atoms with van der Waals surface area (Å²) >= 11 is 0. The van der Waals surface area contributed by atoms with Gasteiger partial charge in [0.1, 0.15) is 5.82 Å². The third kappa shape index (κ3) is 5.97. The van der Waals surface area contributed by atoms with E-state index >= 15 is 0 Å². The molecule has 0 spiro atoms. The van der Waals surface area contributed by atoms with Gasteiger partial charge in [-0.05, 0) is 87.1 Å². The molecule has 0 heterocycles. The average Bonchev–Trinajstić information content (AvgIpc) is 2.77. The van der Waals surface area contributed by atoms with E-state index in [0.29, 0.717) is 11.3 Å². The molecule has 0 saturated heterocycles. The van der Waals surface area contributed by atoms with Gasteiger partial charge >= 0.3 is 0 Å². The number of amides is 1. The van der Waals surface area contributed by atoms with E-state index < -0.39 is 10.0 Å². The number of sulfonamides is 1. The fraction of sp³-hybridized carbons (Fsp3) is 0.240. The number of anilines is 1. The SMILES string of the molecule is Cc1cccc(NS(=O)(=O)c2ccc(C(=O)NC[C@@H](c3cccc(F)c3)N(C)C)cc2)c1C. The minimum Gasteiger partial charge on any atom is -0.350 e. The third-order valence-electron chi connectivity index (χ3n) is 5.59. The molecule has 0 fully saturated rings. The highest BCUT2D eigenvalue weighted by molar-refractivity contribution is 7.92. The first-order valence-electron chi connectivity index (χ1n) is 10.5. The number of hydrogen-bond donors (Lipinski definition) is 2. The van der Waals surface area contributed by atoms with Crippen LogP contribution in [-0.4, -0.2) is 39.9 Å². The lowest BCUT2D eigenvalue weighted by Crippen LogP contribution is -2.34. The van der Waals surface area contributed by atoms with Crippen molar-refractivity contribution in [2.45, 2.75) is 24.8 Å². The molecule has 3 aromatic rings. The van der Waals surface area contributed by atoms with E-state index in [1.165, 1.54) is 36.4 Å². The number of hydrogen-bond acceptors (Lipinski definition) is 4. The summed E-state index contributed by atoms with van der Waals surface area (Å²) in [7, 11) is -0.0930. The minimum atomic E-state index is -3.80. The lowest BCUT2D eigenvalue weighted by Gasteiger charge is -2.25. The number of carbonyl (C=O) groups is 1. The van der Waals surface area contributed by atoms with E-state index in [9.17, 15) is 17.6 Å². The summed E-state index contributed by atoms with van der Waals surface area (Å²) in [5.74, 6) is -0.679. The molecule has 0 aliphatic heterocycles. The quantitative estimate of drug-likeness (QED) is 0.516. The summed E-state index contributed by atoms with van der Waals surface area (Å²) in [6.07, 6.45) is 0. The molecule has 0 unspecified atom stereocenters. The van der Waals surface area contributed by atoms with Crippen LogP contribution in [0.1, 0.15) is 33.1 Å². The molecular weight excluding hydrogens is 441 g/mol. The monoisotopic (exact) mass is 469 g/mol. The van der Waals surface area contributed by atoms with Gasteiger partial charge < -0.3 is 10.2 Å².